The second-order valence-electron chi connectivity index (χ2n) is 12.0. The lowest BCUT2D eigenvalue weighted by Crippen LogP contribution is -2.00. The molecular formula is C43H25N3OS. The van der Waals surface area contributed by atoms with Gasteiger partial charge in [-0.05, 0) is 52.2 Å². The van der Waals surface area contributed by atoms with Gasteiger partial charge >= 0.3 is 0 Å². The number of hydrogen-bond acceptors (Lipinski definition) is 5. The summed E-state index contributed by atoms with van der Waals surface area (Å²) >= 11 is 1.84. The molecule has 0 N–H and O–H groups in total. The lowest BCUT2D eigenvalue weighted by molar-refractivity contribution is 0.669. The minimum absolute atomic E-state index is 0.599. The molecule has 48 heavy (non-hydrogen) atoms. The largest absolute Gasteiger partial charge is 0.456 e. The summed E-state index contributed by atoms with van der Waals surface area (Å²) in [6.07, 6.45) is 0. The van der Waals surface area contributed by atoms with Crippen LogP contribution >= 0.6 is 11.3 Å². The summed E-state index contributed by atoms with van der Waals surface area (Å²) < 4.78 is 8.82. The van der Waals surface area contributed by atoms with Gasteiger partial charge in [-0.1, -0.05) is 121 Å². The molecule has 0 unspecified atom stereocenters. The Balaban J connectivity index is 1.17. The number of rotatable bonds is 4. The molecule has 0 saturated heterocycles. The average Bonchev–Trinajstić information content (AvgIpc) is 3.72. The second-order valence-corrected chi connectivity index (χ2v) is 13.1. The molecule has 0 spiro atoms. The number of aromatic nitrogens is 3. The fourth-order valence-electron chi connectivity index (χ4n) is 6.84. The maximum Gasteiger partial charge on any atom is 0.164 e. The molecule has 3 heterocycles. The highest BCUT2D eigenvalue weighted by Crippen LogP contribution is 2.41. The zero-order valence-corrected chi connectivity index (χ0v) is 26.4. The van der Waals surface area contributed by atoms with E-state index in [1.807, 2.05) is 35.6 Å². The van der Waals surface area contributed by atoms with Crippen molar-refractivity contribution in [3.05, 3.63) is 152 Å². The summed E-state index contributed by atoms with van der Waals surface area (Å²) in [5.74, 6) is 1.86. The number of furan rings is 1. The van der Waals surface area contributed by atoms with Crippen molar-refractivity contribution in [2.24, 2.45) is 0 Å². The number of para-hydroxylation sites is 1. The Morgan fingerprint density at radius 2 is 1.02 bits per heavy atom. The molecule has 224 valence electrons. The minimum Gasteiger partial charge on any atom is -0.456 e. The molecule has 0 saturated carbocycles. The van der Waals surface area contributed by atoms with E-state index < -0.39 is 0 Å². The van der Waals surface area contributed by atoms with Gasteiger partial charge in [0, 0.05) is 47.6 Å². The topological polar surface area (TPSA) is 51.8 Å². The molecule has 0 amide bonds. The van der Waals surface area contributed by atoms with Crippen molar-refractivity contribution in [3.8, 4) is 45.3 Å². The van der Waals surface area contributed by atoms with Gasteiger partial charge in [0.15, 0.2) is 17.5 Å². The van der Waals surface area contributed by atoms with Crippen molar-refractivity contribution < 1.29 is 4.42 Å². The van der Waals surface area contributed by atoms with E-state index in [1.165, 1.54) is 25.7 Å². The van der Waals surface area contributed by atoms with Crippen LogP contribution in [0.3, 0.4) is 0 Å². The maximum absolute atomic E-state index is 6.25. The molecule has 4 nitrogen and oxygen atoms in total. The first-order chi connectivity index (χ1) is 23.8. The molecular weight excluding hydrogens is 607 g/mol. The minimum atomic E-state index is 0.599. The van der Waals surface area contributed by atoms with E-state index in [0.717, 1.165) is 55.0 Å². The Morgan fingerprint density at radius 1 is 0.396 bits per heavy atom. The van der Waals surface area contributed by atoms with Crippen LogP contribution in [-0.4, -0.2) is 15.0 Å². The number of fused-ring (bicyclic) bond motifs is 7. The van der Waals surface area contributed by atoms with E-state index in [-0.39, 0.29) is 0 Å². The normalized spacial score (nSPS) is 11.8. The summed E-state index contributed by atoms with van der Waals surface area (Å²) in [5.41, 5.74) is 6.77. The van der Waals surface area contributed by atoms with Crippen LogP contribution in [-0.2, 0) is 0 Å². The van der Waals surface area contributed by atoms with E-state index in [1.54, 1.807) is 0 Å². The third-order valence-corrected chi connectivity index (χ3v) is 10.4. The van der Waals surface area contributed by atoms with E-state index in [9.17, 15) is 0 Å². The highest BCUT2D eigenvalue weighted by atomic mass is 32.1. The molecule has 0 radical (unpaired) electrons. The summed E-state index contributed by atoms with van der Waals surface area (Å²) in [6.45, 7) is 0. The lowest BCUT2D eigenvalue weighted by atomic mass is 10.0. The van der Waals surface area contributed by atoms with Crippen molar-refractivity contribution in [2.75, 3.05) is 0 Å². The van der Waals surface area contributed by atoms with Crippen LogP contribution in [0, 0.1) is 0 Å². The van der Waals surface area contributed by atoms with Gasteiger partial charge in [-0.15, -0.1) is 11.3 Å². The Morgan fingerprint density at radius 3 is 1.94 bits per heavy atom. The maximum atomic E-state index is 6.25. The molecule has 7 aromatic carbocycles. The molecule has 10 aromatic rings. The first-order valence-corrected chi connectivity index (χ1v) is 16.8. The first kappa shape index (κ1) is 27.0. The zero-order valence-electron chi connectivity index (χ0n) is 25.6. The van der Waals surface area contributed by atoms with Crippen LogP contribution < -0.4 is 0 Å². The molecule has 0 aliphatic carbocycles. The zero-order chi connectivity index (χ0) is 31.6. The van der Waals surface area contributed by atoms with E-state index in [4.69, 9.17) is 19.4 Å². The summed E-state index contributed by atoms with van der Waals surface area (Å²) in [4.78, 5) is 15.3. The first-order valence-electron chi connectivity index (χ1n) is 15.9. The second kappa shape index (κ2) is 10.7. The lowest BCUT2D eigenvalue weighted by Gasteiger charge is -2.11. The van der Waals surface area contributed by atoms with E-state index >= 15 is 0 Å². The van der Waals surface area contributed by atoms with Crippen molar-refractivity contribution in [1.82, 2.24) is 15.0 Å². The smallest absolute Gasteiger partial charge is 0.164 e. The van der Waals surface area contributed by atoms with Gasteiger partial charge in [-0.3, -0.25) is 0 Å². The predicted molar refractivity (Wildman–Crippen MR) is 199 cm³/mol. The van der Waals surface area contributed by atoms with Gasteiger partial charge in [-0.2, -0.15) is 0 Å². The van der Waals surface area contributed by atoms with Gasteiger partial charge < -0.3 is 4.42 Å². The van der Waals surface area contributed by atoms with Crippen molar-refractivity contribution in [3.63, 3.8) is 0 Å². The Labute approximate surface area is 279 Å². The molecule has 0 atom stereocenters. The molecule has 0 fully saturated rings. The molecule has 3 aromatic heterocycles. The third kappa shape index (κ3) is 4.33. The number of benzene rings is 7. The van der Waals surface area contributed by atoms with Crippen molar-refractivity contribution in [2.45, 2.75) is 0 Å². The van der Waals surface area contributed by atoms with Crippen LogP contribution in [0.5, 0.6) is 0 Å². The summed E-state index contributed by atoms with van der Waals surface area (Å²) in [6, 6.07) is 52.7. The highest BCUT2D eigenvalue weighted by molar-refractivity contribution is 7.26. The van der Waals surface area contributed by atoms with Gasteiger partial charge in [0.05, 0.1) is 0 Å². The van der Waals surface area contributed by atoms with E-state index in [0.29, 0.717) is 17.5 Å². The van der Waals surface area contributed by atoms with Gasteiger partial charge in [-0.25, -0.2) is 15.0 Å². The molecule has 10 rings (SSSR count). The average molecular weight is 632 g/mol. The quantitative estimate of drug-likeness (QED) is 0.194. The fraction of sp³-hybridized carbons (Fsp3) is 0. The Kier molecular flexibility index (Phi) is 6.01. The number of nitrogens with zero attached hydrogens (tertiary/aromatic N) is 3. The monoisotopic (exact) mass is 631 g/mol. The SMILES string of the molecule is c1cc(-c2nc(-c3ccc4c(c3)oc3ccccc34)nc(-c3cccc4ccccc34)n2)cc(-c2cccc3c2sc2ccccc23)c1. The Bertz CT molecular complexity index is 2860. The number of hydrogen-bond donors (Lipinski definition) is 0. The van der Waals surface area contributed by atoms with Crippen LogP contribution in [0.4, 0.5) is 0 Å². The Hall–Kier alpha value is -6.17. The molecule has 0 bridgehead atoms. The molecule has 5 heteroatoms. The van der Waals surface area contributed by atoms with E-state index in [2.05, 4.69) is 127 Å². The standard InChI is InChI=1S/C43H25N3OS/c1-2-14-30-26(10-1)11-8-19-36(30)43-45-41(44-42(46-43)29-22-23-33-32-15-3-5-20-37(32)47-38(33)25-29)28-13-7-12-27(24-28)31-17-9-18-35-34-16-4-6-21-39(34)48-40(31)35/h1-25H. The summed E-state index contributed by atoms with van der Waals surface area (Å²) in [5, 5.41) is 6.97. The molecule has 0 aliphatic rings. The van der Waals surface area contributed by atoms with Gasteiger partial charge in [0.1, 0.15) is 11.2 Å². The highest BCUT2D eigenvalue weighted by Gasteiger charge is 2.17. The number of thiophene rings is 1. The molecule has 0 aliphatic heterocycles. The van der Waals surface area contributed by atoms with Gasteiger partial charge in [0.25, 0.3) is 0 Å². The van der Waals surface area contributed by atoms with Gasteiger partial charge in [0.2, 0.25) is 0 Å². The third-order valence-electron chi connectivity index (χ3n) is 9.14. The summed E-state index contributed by atoms with van der Waals surface area (Å²) in [7, 11) is 0. The van der Waals surface area contributed by atoms with Crippen LogP contribution in [0.2, 0.25) is 0 Å². The predicted octanol–water partition coefficient (Wildman–Crippen LogP) is 12.0. The van der Waals surface area contributed by atoms with Crippen molar-refractivity contribution in [1.29, 1.82) is 0 Å². The van der Waals surface area contributed by atoms with Crippen LogP contribution in [0.25, 0.3) is 98.2 Å². The van der Waals surface area contributed by atoms with Crippen LogP contribution in [0.15, 0.2) is 156 Å². The van der Waals surface area contributed by atoms with Crippen LogP contribution in [0.1, 0.15) is 0 Å². The van der Waals surface area contributed by atoms with Crippen molar-refractivity contribution >= 4 is 64.2 Å². The fourth-order valence-corrected chi connectivity index (χ4v) is 8.08.